The number of anilines is 1. The molecule has 11 heteroatoms. The van der Waals surface area contributed by atoms with Crippen LogP contribution in [0.1, 0.15) is 5.56 Å². The van der Waals surface area contributed by atoms with Gasteiger partial charge < -0.3 is 25.0 Å². The van der Waals surface area contributed by atoms with Gasteiger partial charge in [0.1, 0.15) is 18.3 Å². The number of imide groups is 1. The zero-order chi connectivity index (χ0) is 26.4. The van der Waals surface area contributed by atoms with E-state index in [0.717, 1.165) is 10.5 Å². The largest absolute Gasteiger partial charge is 0.493 e. The molecule has 0 bridgehead atoms. The first-order chi connectivity index (χ1) is 17.9. The summed E-state index contributed by atoms with van der Waals surface area (Å²) in [5, 5.41) is 6.66. The summed E-state index contributed by atoms with van der Waals surface area (Å²) >= 11 is 1.27. The molecule has 0 aliphatic carbocycles. The zero-order valence-corrected chi connectivity index (χ0v) is 21.3. The van der Waals surface area contributed by atoms with Crippen LogP contribution in [0.2, 0.25) is 0 Å². The van der Waals surface area contributed by atoms with Crippen LogP contribution < -0.4 is 20.1 Å². The fourth-order valence-corrected chi connectivity index (χ4v) is 5.23. The fourth-order valence-electron chi connectivity index (χ4n) is 4.17. The van der Waals surface area contributed by atoms with Crippen LogP contribution in [0.3, 0.4) is 0 Å². The second kappa shape index (κ2) is 11.8. The third-order valence-electron chi connectivity index (χ3n) is 6.01. The third-order valence-corrected chi connectivity index (χ3v) is 7.10. The summed E-state index contributed by atoms with van der Waals surface area (Å²) in [6.07, 6.45) is 2.26. The summed E-state index contributed by atoms with van der Waals surface area (Å²) in [5.41, 5.74) is 1.53. The molecule has 37 heavy (non-hydrogen) atoms. The first-order valence-electron chi connectivity index (χ1n) is 11.7. The van der Waals surface area contributed by atoms with E-state index in [1.165, 1.54) is 16.7 Å². The van der Waals surface area contributed by atoms with Crippen LogP contribution in [0.25, 0.3) is 0 Å². The molecule has 0 radical (unpaired) electrons. The smallest absolute Gasteiger partial charge is 0.328 e. The van der Waals surface area contributed by atoms with Crippen molar-refractivity contribution in [2.45, 2.75) is 17.7 Å². The maximum Gasteiger partial charge on any atom is 0.328 e. The van der Waals surface area contributed by atoms with E-state index < -0.39 is 41.6 Å². The van der Waals surface area contributed by atoms with E-state index in [1.54, 1.807) is 56.0 Å². The molecule has 2 unspecified atom stereocenters. The van der Waals surface area contributed by atoms with Crippen LogP contribution in [-0.2, 0) is 20.8 Å². The van der Waals surface area contributed by atoms with Crippen LogP contribution in [0.15, 0.2) is 60.0 Å². The Morgan fingerprint density at radius 3 is 2.46 bits per heavy atom. The summed E-state index contributed by atoms with van der Waals surface area (Å²) in [5.74, 6) is -0.108. The summed E-state index contributed by atoms with van der Waals surface area (Å²) in [4.78, 5) is 53.8. The van der Waals surface area contributed by atoms with E-state index in [-0.39, 0.29) is 6.54 Å². The number of carbonyl (C=O) groups excluding carboxylic acids is 4. The lowest BCUT2D eigenvalue weighted by molar-refractivity contribution is -0.136. The molecule has 2 aromatic rings. The van der Waals surface area contributed by atoms with Crippen LogP contribution in [0.4, 0.5) is 10.5 Å². The predicted molar refractivity (Wildman–Crippen MR) is 139 cm³/mol. The van der Waals surface area contributed by atoms with E-state index >= 15 is 0 Å². The van der Waals surface area contributed by atoms with E-state index in [2.05, 4.69) is 10.6 Å². The first kappa shape index (κ1) is 26.1. The van der Waals surface area contributed by atoms with Crippen molar-refractivity contribution < 1.29 is 28.7 Å². The number of hydrogen-bond acceptors (Lipinski definition) is 7. The molecule has 2 aliphatic heterocycles. The molecule has 1 fully saturated rings. The number of thioether (sulfide) groups is 1. The Kier molecular flexibility index (Phi) is 8.34. The molecule has 2 aromatic carbocycles. The van der Waals surface area contributed by atoms with Crippen LogP contribution in [0.5, 0.6) is 11.5 Å². The number of carbonyl (C=O) groups is 4. The summed E-state index contributed by atoms with van der Waals surface area (Å²) in [6, 6.07) is 13.2. The molecule has 0 spiro atoms. The molecule has 4 rings (SSSR count). The van der Waals surface area contributed by atoms with Crippen molar-refractivity contribution in [1.29, 1.82) is 0 Å². The number of urea groups is 1. The molecule has 10 nitrogen and oxygen atoms in total. The molecular weight excluding hydrogens is 496 g/mol. The van der Waals surface area contributed by atoms with Crippen molar-refractivity contribution in [1.82, 2.24) is 15.1 Å². The molecule has 5 amide bonds. The number of fused-ring (bicyclic) bond motifs is 1. The zero-order valence-electron chi connectivity index (χ0n) is 20.5. The van der Waals surface area contributed by atoms with Crippen LogP contribution >= 0.6 is 11.8 Å². The second-order valence-electron chi connectivity index (χ2n) is 8.41. The maximum atomic E-state index is 13.2. The van der Waals surface area contributed by atoms with Gasteiger partial charge in [0.2, 0.25) is 17.7 Å². The lowest BCUT2D eigenvalue weighted by Crippen LogP contribution is -2.64. The van der Waals surface area contributed by atoms with Gasteiger partial charge in [0.15, 0.2) is 11.5 Å². The molecule has 2 aliphatic rings. The third kappa shape index (κ3) is 6.05. The molecule has 2 atom stereocenters. The van der Waals surface area contributed by atoms with Gasteiger partial charge in [-0.15, -0.1) is 11.8 Å². The molecule has 2 heterocycles. The van der Waals surface area contributed by atoms with E-state index in [4.69, 9.17) is 9.47 Å². The van der Waals surface area contributed by atoms with Crippen LogP contribution in [-0.4, -0.2) is 78.7 Å². The van der Waals surface area contributed by atoms with Crippen molar-refractivity contribution in [3.05, 3.63) is 65.6 Å². The minimum atomic E-state index is -0.670. The van der Waals surface area contributed by atoms with Crippen molar-refractivity contribution in [3.63, 3.8) is 0 Å². The monoisotopic (exact) mass is 524 g/mol. The maximum absolute atomic E-state index is 13.2. The topological polar surface area (TPSA) is 117 Å². The van der Waals surface area contributed by atoms with Gasteiger partial charge in [-0.2, -0.15) is 0 Å². The molecule has 2 N–H and O–H groups in total. The SMILES string of the molecule is COc1ccc(CCNC(=O)CN2C(=O)C3SC=CC3N(CC(=O)Nc3ccccc3)C2=O)cc1OC. The Hall–Kier alpha value is -3.99. The van der Waals surface area contributed by atoms with E-state index in [0.29, 0.717) is 30.2 Å². The van der Waals surface area contributed by atoms with Crippen molar-refractivity contribution in [3.8, 4) is 11.5 Å². The summed E-state index contributed by atoms with van der Waals surface area (Å²) in [7, 11) is 3.10. The summed E-state index contributed by atoms with van der Waals surface area (Å²) < 4.78 is 10.5. The number of nitrogens with zero attached hydrogens (tertiary/aromatic N) is 2. The van der Waals surface area contributed by atoms with Gasteiger partial charge in [-0.1, -0.05) is 30.3 Å². The Bertz CT molecular complexity index is 1200. The number of hydrogen-bond donors (Lipinski definition) is 2. The average molecular weight is 525 g/mol. The lowest BCUT2D eigenvalue weighted by atomic mass is 10.1. The Labute approximate surface area is 219 Å². The van der Waals surface area contributed by atoms with Gasteiger partial charge in [0.05, 0.1) is 20.3 Å². The van der Waals surface area contributed by atoms with Crippen molar-refractivity contribution in [2.75, 3.05) is 39.2 Å². The normalized spacial score (nSPS) is 18.4. The minimum Gasteiger partial charge on any atom is -0.493 e. The van der Waals surface area contributed by atoms with Crippen molar-refractivity contribution in [2.24, 2.45) is 0 Å². The quantitative estimate of drug-likeness (QED) is 0.490. The number of para-hydroxylation sites is 1. The Morgan fingerprint density at radius 2 is 1.73 bits per heavy atom. The average Bonchev–Trinajstić information content (AvgIpc) is 3.40. The highest BCUT2D eigenvalue weighted by Gasteiger charge is 2.48. The fraction of sp³-hybridized carbons (Fsp3) is 0.308. The predicted octanol–water partition coefficient (Wildman–Crippen LogP) is 2.26. The van der Waals surface area contributed by atoms with E-state index in [1.807, 2.05) is 18.2 Å². The second-order valence-corrected chi connectivity index (χ2v) is 9.47. The number of benzene rings is 2. The number of ether oxygens (including phenoxy) is 2. The van der Waals surface area contributed by atoms with Gasteiger partial charge >= 0.3 is 6.03 Å². The number of amides is 5. The van der Waals surface area contributed by atoms with Gasteiger partial charge in [0.25, 0.3) is 0 Å². The Balaban J connectivity index is 1.36. The highest BCUT2D eigenvalue weighted by atomic mass is 32.2. The van der Waals surface area contributed by atoms with Gasteiger partial charge in [-0.05, 0) is 41.7 Å². The standard InChI is InChI=1S/C26H28N4O6S/c1-35-20-9-8-17(14-21(20)36-2)10-12-27-22(31)15-30-25(33)24-19(11-13-37-24)29(26(30)34)16-23(32)28-18-6-4-3-5-7-18/h3-9,11,13-14,19,24H,10,12,15-16H2,1-2H3,(H,27,31)(H,28,32). The minimum absolute atomic E-state index is 0.246. The van der Waals surface area contributed by atoms with Gasteiger partial charge in [-0.25, -0.2) is 4.79 Å². The number of nitrogens with one attached hydrogen (secondary N) is 2. The molecule has 0 saturated carbocycles. The highest BCUT2D eigenvalue weighted by molar-refractivity contribution is 8.03. The summed E-state index contributed by atoms with van der Waals surface area (Å²) in [6.45, 7) is -0.370. The molecular formula is C26H28N4O6S. The van der Waals surface area contributed by atoms with E-state index in [9.17, 15) is 19.2 Å². The lowest BCUT2D eigenvalue weighted by Gasteiger charge is -2.40. The van der Waals surface area contributed by atoms with Gasteiger partial charge in [-0.3, -0.25) is 19.3 Å². The molecule has 194 valence electrons. The number of methoxy groups -OCH3 is 2. The van der Waals surface area contributed by atoms with Crippen LogP contribution in [0, 0.1) is 0 Å². The van der Waals surface area contributed by atoms with Crippen molar-refractivity contribution >= 4 is 41.2 Å². The van der Waals surface area contributed by atoms with Gasteiger partial charge in [0, 0.05) is 12.2 Å². The molecule has 0 aromatic heterocycles. The molecule has 1 saturated heterocycles. The number of rotatable bonds is 10. The Morgan fingerprint density at radius 1 is 0.973 bits per heavy atom. The highest BCUT2D eigenvalue weighted by Crippen LogP contribution is 2.34. The first-order valence-corrected chi connectivity index (χ1v) is 12.6.